The van der Waals surface area contributed by atoms with Crippen molar-refractivity contribution in [3.8, 4) is 0 Å². The van der Waals surface area contributed by atoms with E-state index in [0.29, 0.717) is 11.4 Å². The molecule has 9 nitrogen and oxygen atoms in total. The molecule has 2 rings (SSSR count). The van der Waals surface area contributed by atoms with Gasteiger partial charge in [0.25, 0.3) is 5.69 Å². The van der Waals surface area contributed by atoms with Gasteiger partial charge in [-0.2, -0.15) is 5.10 Å². The summed E-state index contributed by atoms with van der Waals surface area (Å²) in [6, 6.07) is 3.10. The number of aromatic amines is 1. The smallest absolute Gasteiger partial charge is 0.262 e. The molecule has 0 radical (unpaired) electrons. The Morgan fingerprint density at radius 3 is 2.71 bits per heavy atom. The highest BCUT2D eigenvalue weighted by Gasteiger charge is 2.23. The molecule has 0 spiro atoms. The number of aryl methyl sites for hydroxylation is 1. The number of H-pyrrole nitrogens is 1. The molecule has 0 saturated heterocycles. The maximum atomic E-state index is 12.2. The van der Waals surface area contributed by atoms with Crippen LogP contribution in [0.4, 0.5) is 5.69 Å². The van der Waals surface area contributed by atoms with Gasteiger partial charge >= 0.3 is 0 Å². The summed E-state index contributed by atoms with van der Waals surface area (Å²) in [4.78, 5) is 13.9. The van der Waals surface area contributed by atoms with E-state index < -0.39 is 21.0 Å². The summed E-state index contributed by atoms with van der Waals surface area (Å²) >= 11 is 0. The average Bonchev–Trinajstić information content (AvgIpc) is 2.92. The van der Waals surface area contributed by atoms with Gasteiger partial charge in [-0.1, -0.05) is 6.07 Å². The Morgan fingerprint density at radius 2 is 2.14 bits per heavy atom. The van der Waals surface area contributed by atoms with E-state index in [2.05, 4.69) is 19.9 Å². The minimum absolute atomic E-state index is 0.175. The molecule has 112 valence electrons. The molecule has 2 N–H and O–H groups in total. The number of hydrogen-bond acceptors (Lipinski definition) is 6. The Balaban J connectivity index is 2.32. The van der Waals surface area contributed by atoms with Gasteiger partial charge < -0.3 is 0 Å². The molecule has 0 saturated carbocycles. The third-order valence-corrected chi connectivity index (χ3v) is 4.40. The highest BCUT2D eigenvalue weighted by molar-refractivity contribution is 7.89. The van der Waals surface area contributed by atoms with Crippen LogP contribution in [0.25, 0.3) is 0 Å². The number of rotatable bonds is 5. The summed E-state index contributed by atoms with van der Waals surface area (Å²) in [7, 11) is -3.90. The zero-order valence-electron chi connectivity index (χ0n) is 11.3. The molecule has 1 heterocycles. The van der Waals surface area contributed by atoms with Crippen molar-refractivity contribution in [1.29, 1.82) is 0 Å². The third-order valence-electron chi connectivity index (χ3n) is 2.86. The van der Waals surface area contributed by atoms with Crippen molar-refractivity contribution in [2.75, 3.05) is 0 Å². The molecule has 1 aromatic heterocycles. The Labute approximate surface area is 120 Å². The number of nitrogens with one attached hydrogen (secondary N) is 2. The first-order valence-electron chi connectivity index (χ1n) is 5.94. The van der Waals surface area contributed by atoms with Crippen LogP contribution < -0.4 is 4.72 Å². The SMILES string of the molecule is Cc1ccc(S(=O)(=O)NC(C)c2ncn[nH]2)cc1[N+](=O)[O-]. The monoisotopic (exact) mass is 311 g/mol. The predicted molar refractivity (Wildman–Crippen MR) is 73.0 cm³/mol. The first-order chi connectivity index (χ1) is 9.81. The van der Waals surface area contributed by atoms with Crippen molar-refractivity contribution in [2.24, 2.45) is 0 Å². The fourth-order valence-electron chi connectivity index (χ4n) is 1.73. The van der Waals surface area contributed by atoms with Crippen molar-refractivity contribution >= 4 is 15.7 Å². The number of benzene rings is 1. The first-order valence-corrected chi connectivity index (χ1v) is 7.42. The molecule has 0 bridgehead atoms. The minimum atomic E-state index is -3.90. The standard InChI is InChI=1S/C11H13N5O4S/c1-7-3-4-9(5-10(7)16(17)18)21(19,20)15-8(2)11-12-6-13-14-11/h3-6,8,15H,1-2H3,(H,12,13,14). The highest BCUT2D eigenvalue weighted by atomic mass is 32.2. The van der Waals surface area contributed by atoms with E-state index in [0.717, 1.165) is 6.07 Å². The normalized spacial score (nSPS) is 13.0. The minimum Gasteiger partial charge on any atom is -0.262 e. The predicted octanol–water partition coefficient (Wildman–Crippen LogP) is 1.06. The van der Waals surface area contributed by atoms with Gasteiger partial charge in [-0.15, -0.1) is 0 Å². The van der Waals surface area contributed by atoms with Gasteiger partial charge in [0.05, 0.1) is 15.9 Å². The molecule has 10 heteroatoms. The molecule has 1 unspecified atom stereocenters. The maximum absolute atomic E-state index is 12.2. The number of nitrogens with zero attached hydrogens (tertiary/aromatic N) is 3. The number of aromatic nitrogens is 3. The molecule has 0 aliphatic heterocycles. The van der Waals surface area contributed by atoms with Crippen LogP contribution >= 0.6 is 0 Å². The second-order valence-electron chi connectivity index (χ2n) is 4.42. The van der Waals surface area contributed by atoms with Crippen LogP contribution in [0, 0.1) is 17.0 Å². The van der Waals surface area contributed by atoms with Crippen LogP contribution in [0.3, 0.4) is 0 Å². The molecular formula is C11H13N5O4S. The van der Waals surface area contributed by atoms with Crippen molar-refractivity contribution in [3.63, 3.8) is 0 Å². The lowest BCUT2D eigenvalue weighted by Gasteiger charge is -2.12. The zero-order chi connectivity index (χ0) is 15.6. The number of hydrogen-bond donors (Lipinski definition) is 2. The molecule has 0 aliphatic rings. The van der Waals surface area contributed by atoms with E-state index in [1.165, 1.54) is 18.5 Å². The van der Waals surface area contributed by atoms with E-state index >= 15 is 0 Å². The number of nitro benzene ring substituents is 1. The van der Waals surface area contributed by atoms with Crippen LogP contribution in [-0.4, -0.2) is 28.5 Å². The first kappa shape index (κ1) is 15.1. The Morgan fingerprint density at radius 1 is 1.43 bits per heavy atom. The molecular weight excluding hydrogens is 298 g/mol. The van der Waals surface area contributed by atoms with Crippen molar-refractivity contribution < 1.29 is 13.3 Å². The van der Waals surface area contributed by atoms with Gasteiger partial charge in [0.15, 0.2) is 0 Å². The summed E-state index contributed by atoms with van der Waals surface area (Å²) in [5.41, 5.74) is 0.146. The molecule has 0 amide bonds. The Kier molecular flexibility index (Phi) is 4.00. The molecule has 0 aliphatic carbocycles. The molecule has 1 atom stereocenters. The van der Waals surface area contributed by atoms with Gasteiger partial charge in [0.1, 0.15) is 12.2 Å². The van der Waals surface area contributed by atoms with E-state index in [1.54, 1.807) is 13.8 Å². The summed E-state index contributed by atoms with van der Waals surface area (Å²) in [6.07, 6.45) is 1.26. The highest BCUT2D eigenvalue weighted by Crippen LogP contribution is 2.23. The summed E-state index contributed by atoms with van der Waals surface area (Å²) < 4.78 is 26.8. The summed E-state index contributed by atoms with van der Waals surface area (Å²) in [5.74, 6) is 0.347. The lowest BCUT2D eigenvalue weighted by molar-refractivity contribution is -0.385. The largest absolute Gasteiger partial charge is 0.273 e. The van der Waals surface area contributed by atoms with Crippen molar-refractivity contribution in [1.82, 2.24) is 19.9 Å². The van der Waals surface area contributed by atoms with Gasteiger partial charge in [-0.25, -0.2) is 18.1 Å². The van der Waals surface area contributed by atoms with Gasteiger partial charge in [0, 0.05) is 11.6 Å². The second kappa shape index (κ2) is 5.58. The summed E-state index contributed by atoms with van der Waals surface area (Å²) in [5, 5.41) is 17.1. The van der Waals surface area contributed by atoms with E-state index in [4.69, 9.17) is 0 Å². The van der Waals surface area contributed by atoms with Crippen molar-refractivity contribution in [3.05, 3.63) is 46.0 Å². The molecule has 21 heavy (non-hydrogen) atoms. The van der Waals surface area contributed by atoms with Crippen LogP contribution in [-0.2, 0) is 10.0 Å². The number of sulfonamides is 1. The Bertz CT molecular complexity index is 757. The molecule has 1 aromatic carbocycles. The van der Waals surface area contributed by atoms with Crippen LogP contribution in [0.15, 0.2) is 29.4 Å². The van der Waals surface area contributed by atoms with E-state index in [9.17, 15) is 18.5 Å². The van der Waals surface area contributed by atoms with Gasteiger partial charge in [0.2, 0.25) is 10.0 Å². The fraction of sp³-hybridized carbons (Fsp3) is 0.273. The quantitative estimate of drug-likeness (QED) is 0.627. The van der Waals surface area contributed by atoms with Crippen molar-refractivity contribution in [2.45, 2.75) is 24.8 Å². The average molecular weight is 311 g/mol. The van der Waals surface area contributed by atoms with Crippen LogP contribution in [0.1, 0.15) is 24.4 Å². The van der Waals surface area contributed by atoms with E-state index in [1.807, 2.05) is 0 Å². The van der Waals surface area contributed by atoms with Crippen LogP contribution in [0.2, 0.25) is 0 Å². The lowest BCUT2D eigenvalue weighted by Crippen LogP contribution is -2.27. The molecule has 0 fully saturated rings. The van der Waals surface area contributed by atoms with Crippen LogP contribution in [0.5, 0.6) is 0 Å². The summed E-state index contributed by atoms with van der Waals surface area (Å²) in [6.45, 7) is 3.12. The van der Waals surface area contributed by atoms with E-state index in [-0.39, 0.29) is 10.6 Å². The maximum Gasteiger partial charge on any atom is 0.273 e. The Hall–Kier alpha value is -2.33. The number of nitro groups is 1. The van der Waals surface area contributed by atoms with Gasteiger partial charge in [-0.3, -0.25) is 15.2 Å². The zero-order valence-corrected chi connectivity index (χ0v) is 12.1. The van der Waals surface area contributed by atoms with Gasteiger partial charge in [-0.05, 0) is 19.9 Å². The third kappa shape index (κ3) is 3.23. The molecule has 2 aromatic rings. The lowest BCUT2D eigenvalue weighted by atomic mass is 10.2. The fourth-order valence-corrected chi connectivity index (χ4v) is 2.96. The topological polar surface area (TPSA) is 131 Å². The second-order valence-corrected chi connectivity index (χ2v) is 6.13.